The second-order valence-corrected chi connectivity index (χ2v) is 10.3. The highest BCUT2D eigenvalue weighted by molar-refractivity contribution is 7.89. The van der Waals surface area contributed by atoms with Crippen LogP contribution >= 0.6 is 0 Å². The zero-order chi connectivity index (χ0) is 23.7. The Bertz CT molecular complexity index is 1390. The minimum Gasteiger partial charge on any atom is -0.451 e. The Labute approximate surface area is 197 Å². The van der Waals surface area contributed by atoms with Crippen LogP contribution in [0.15, 0.2) is 62.6 Å². The minimum absolute atomic E-state index is 0.0904. The topological polar surface area (TPSA) is 109 Å². The highest BCUT2D eigenvalue weighted by Crippen LogP contribution is 2.33. The average Bonchev–Trinajstić information content (AvgIpc) is 3.39. The standard InChI is InChI=1S/C24H25N3O6S/c28-21-16-23(33-22-6-2-1-5-18(21)22)24(29)25-19-15-17(7-8-20(19)26-9-3-4-10-26)34(30,31)27-11-13-32-14-12-27/h1-2,5-8,15-16H,3-4,9-14H2,(H,25,29). The lowest BCUT2D eigenvalue weighted by molar-refractivity contribution is 0.0730. The summed E-state index contributed by atoms with van der Waals surface area (Å²) in [6.07, 6.45) is 2.03. The van der Waals surface area contributed by atoms with Gasteiger partial charge in [0, 0.05) is 32.2 Å². The maximum Gasteiger partial charge on any atom is 0.291 e. The van der Waals surface area contributed by atoms with Crippen LogP contribution in [0.5, 0.6) is 0 Å². The van der Waals surface area contributed by atoms with Crippen LogP contribution in [0, 0.1) is 0 Å². The van der Waals surface area contributed by atoms with Crippen LogP contribution in [0.25, 0.3) is 11.0 Å². The molecule has 2 aliphatic heterocycles. The van der Waals surface area contributed by atoms with Crippen molar-refractivity contribution in [2.24, 2.45) is 0 Å². The Morgan fingerprint density at radius 3 is 2.44 bits per heavy atom. The van der Waals surface area contributed by atoms with Gasteiger partial charge >= 0.3 is 0 Å². The van der Waals surface area contributed by atoms with Crippen LogP contribution < -0.4 is 15.6 Å². The summed E-state index contributed by atoms with van der Waals surface area (Å²) >= 11 is 0. The van der Waals surface area contributed by atoms with Crippen LogP contribution in [-0.2, 0) is 14.8 Å². The Hall–Kier alpha value is -3.21. The van der Waals surface area contributed by atoms with E-state index in [-0.39, 0.29) is 29.2 Å². The number of sulfonamides is 1. The number of hydrogen-bond acceptors (Lipinski definition) is 7. The molecule has 1 N–H and O–H groups in total. The number of amides is 1. The maximum absolute atomic E-state index is 13.2. The summed E-state index contributed by atoms with van der Waals surface area (Å²) in [5.74, 6) is -0.762. The van der Waals surface area contributed by atoms with Crippen molar-refractivity contribution in [1.29, 1.82) is 0 Å². The van der Waals surface area contributed by atoms with E-state index >= 15 is 0 Å². The predicted molar refractivity (Wildman–Crippen MR) is 128 cm³/mol. The van der Waals surface area contributed by atoms with E-state index in [0.29, 0.717) is 29.9 Å². The number of carbonyl (C=O) groups is 1. The number of nitrogens with zero attached hydrogens (tertiary/aromatic N) is 2. The fraction of sp³-hybridized carbons (Fsp3) is 0.333. The number of nitrogens with one attached hydrogen (secondary N) is 1. The van der Waals surface area contributed by atoms with Gasteiger partial charge in [-0.15, -0.1) is 0 Å². The molecule has 3 heterocycles. The first kappa shape index (κ1) is 22.6. The fourth-order valence-electron chi connectivity index (χ4n) is 4.35. The van der Waals surface area contributed by atoms with E-state index in [1.807, 2.05) is 0 Å². The zero-order valence-corrected chi connectivity index (χ0v) is 19.3. The Morgan fingerprint density at radius 1 is 0.941 bits per heavy atom. The maximum atomic E-state index is 13.2. The summed E-state index contributed by atoms with van der Waals surface area (Å²) in [5.41, 5.74) is 1.07. The first-order valence-electron chi connectivity index (χ1n) is 11.2. The number of morpholine rings is 1. The van der Waals surface area contributed by atoms with Gasteiger partial charge in [0.15, 0.2) is 11.2 Å². The number of anilines is 2. The molecule has 0 saturated carbocycles. The summed E-state index contributed by atoms with van der Waals surface area (Å²) in [7, 11) is -3.75. The van der Waals surface area contributed by atoms with E-state index < -0.39 is 15.9 Å². The Morgan fingerprint density at radius 2 is 1.68 bits per heavy atom. The van der Waals surface area contributed by atoms with Crippen LogP contribution in [0.1, 0.15) is 23.4 Å². The van der Waals surface area contributed by atoms with Gasteiger partial charge in [-0.05, 0) is 43.2 Å². The normalized spacial score (nSPS) is 17.2. The average molecular weight is 484 g/mol. The fourth-order valence-corrected chi connectivity index (χ4v) is 5.78. The van der Waals surface area contributed by atoms with Gasteiger partial charge in [-0.2, -0.15) is 4.31 Å². The lowest BCUT2D eigenvalue weighted by Crippen LogP contribution is -2.40. The predicted octanol–water partition coefficient (Wildman–Crippen LogP) is 2.67. The van der Waals surface area contributed by atoms with Crippen molar-refractivity contribution in [1.82, 2.24) is 4.31 Å². The van der Waals surface area contributed by atoms with Crippen molar-refractivity contribution in [3.63, 3.8) is 0 Å². The molecule has 178 valence electrons. The summed E-state index contributed by atoms with van der Waals surface area (Å²) < 4.78 is 38.7. The third kappa shape index (κ3) is 4.31. The van der Waals surface area contributed by atoms with E-state index in [1.54, 1.807) is 36.4 Å². The van der Waals surface area contributed by atoms with Crippen molar-refractivity contribution in [2.75, 3.05) is 49.6 Å². The molecule has 1 amide bonds. The second-order valence-electron chi connectivity index (χ2n) is 8.31. The number of carbonyl (C=O) groups excluding carboxylic acids is 1. The van der Waals surface area contributed by atoms with Crippen molar-refractivity contribution < 1.29 is 22.4 Å². The van der Waals surface area contributed by atoms with E-state index in [9.17, 15) is 18.0 Å². The Balaban J connectivity index is 1.51. The van der Waals surface area contributed by atoms with Gasteiger partial charge in [0.2, 0.25) is 10.0 Å². The molecule has 2 saturated heterocycles. The lowest BCUT2D eigenvalue weighted by atomic mass is 10.2. The number of rotatable bonds is 5. The zero-order valence-electron chi connectivity index (χ0n) is 18.5. The number of fused-ring (bicyclic) bond motifs is 1. The van der Waals surface area contributed by atoms with Crippen LogP contribution in [-0.4, -0.2) is 58.0 Å². The molecule has 0 atom stereocenters. The van der Waals surface area contributed by atoms with Crippen molar-refractivity contribution in [2.45, 2.75) is 17.7 Å². The number of ether oxygens (including phenoxy) is 1. The van der Waals surface area contributed by atoms with Gasteiger partial charge in [0.1, 0.15) is 5.58 Å². The van der Waals surface area contributed by atoms with E-state index in [1.165, 1.54) is 10.4 Å². The van der Waals surface area contributed by atoms with Crippen LogP contribution in [0.2, 0.25) is 0 Å². The molecule has 2 aromatic carbocycles. The number of para-hydroxylation sites is 1. The highest BCUT2D eigenvalue weighted by Gasteiger charge is 2.28. The molecule has 3 aromatic rings. The highest BCUT2D eigenvalue weighted by atomic mass is 32.2. The first-order valence-corrected chi connectivity index (χ1v) is 12.7. The molecule has 1 aromatic heterocycles. The number of hydrogen-bond donors (Lipinski definition) is 1. The monoisotopic (exact) mass is 483 g/mol. The van der Waals surface area contributed by atoms with Crippen LogP contribution in [0.4, 0.5) is 11.4 Å². The van der Waals surface area contributed by atoms with Crippen molar-refractivity contribution in [3.05, 3.63) is 64.5 Å². The molecular formula is C24H25N3O6S. The van der Waals surface area contributed by atoms with Gasteiger partial charge in [-0.3, -0.25) is 9.59 Å². The van der Waals surface area contributed by atoms with Gasteiger partial charge < -0.3 is 19.4 Å². The van der Waals surface area contributed by atoms with Gasteiger partial charge in [-0.1, -0.05) is 12.1 Å². The molecule has 0 bridgehead atoms. The molecule has 0 radical (unpaired) electrons. The molecule has 0 spiro atoms. The minimum atomic E-state index is -3.75. The molecular weight excluding hydrogens is 458 g/mol. The molecule has 0 aliphatic carbocycles. The lowest BCUT2D eigenvalue weighted by Gasteiger charge is -2.27. The largest absolute Gasteiger partial charge is 0.451 e. The molecule has 34 heavy (non-hydrogen) atoms. The quantitative estimate of drug-likeness (QED) is 0.594. The summed E-state index contributed by atoms with van der Waals surface area (Å²) in [4.78, 5) is 27.7. The smallest absolute Gasteiger partial charge is 0.291 e. The molecule has 2 aliphatic rings. The van der Waals surface area contributed by atoms with Crippen molar-refractivity contribution in [3.8, 4) is 0 Å². The third-order valence-electron chi connectivity index (χ3n) is 6.13. The molecule has 2 fully saturated rings. The molecule has 0 unspecified atom stereocenters. The molecule has 9 nitrogen and oxygen atoms in total. The third-order valence-corrected chi connectivity index (χ3v) is 8.02. The van der Waals surface area contributed by atoms with Crippen molar-refractivity contribution >= 4 is 38.3 Å². The molecule has 5 rings (SSSR count). The van der Waals surface area contributed by atoms with Crippen LogP contribution in [0.3, 0.4) is 0 Å². The summed E-state index contributed by atoms with van der Waals surface area (Å²) in [6.45, 7) is 2.86. The second kappa shape index (κ2) is 9.21. The van der Waals surface area contributed by atoms with Gasteiger partial charge in [0.05, 0.1) is 34.9 Å². The summed E-state index contributed by atoms with van der Waals surface area (Å²) in [6, 6.07) is 12.6. The summed E-state index contributed by atoms with van der Waals surface area (Å²) in [5, 5.41) is 3.17. The van der Waals surface area contributed by atoms with E-state index in [4.69, 9.17) is 9.15 Å². The van der Waals surface area contributed by atoms with E-state index in [0.717, 1.165) is 37.7 Å². The Kier molecular flexibility index (Phi) is 6.11. The SMILES string of the molecule is O=C(Nc1cc(S(=O)(=O)N2CCOCC2)ccc1N1CCCC1)c1cc(=O)c2ccccc2o1. The van der Waals surface area contributed by atoms with Gasteiger partial charge in [0.25, 0.3) is 5.91 Å². The molecule has 10 heteroatoms. The van der Waals surface area contributed by atoms with Gasteiger partial charge in [-0.25, -0.2) is 8.42 Å². The number of benzene rings is 2. The first-order chi connectivity index (χ1) is 16.4. The van der Waals surface area contributed by atoms with E-state index in [2.05, 4.69) is 10.2 Å².